The molecule has 6 heteroatoms. The molecule has 142 valence electrons. The summed E-state index contributed by atoms with van der Waals surface area (Å²) in [5.41, 5.74) is 7.31. The molecule has 2 aromatic carbocycles. The minimum atomic E-state index is -4.51. The fraction of sp³-hybridized carbons (Fsp3) is 0.143. The second kappa shape index (κ2) is 8.49. The molecule has 0 atom stereocenters. The summed E-state index contributed by atoms with van der Waals surface area (Å²) in [6, 6.07) is 17.3. The molecule has 2 aromatic rings. The molecule has 0 fully saturated rings. The Morgan fingerprint density at radius 2 is 1.52 bits per heavy atom. The van der Waals surface area contributed by atoms with Crippen LogP contribution >= 0.6 is 0 Å². The van der Waals surface area contributed by atoms with E-state index in [0.717, 1.165) is 16.9 Å². The van der Waals surface area contributed by atoms with E-state index < -0.39 is 11.9 Å². The van der Waals surface area contributed by atoms with Crippen LogP contribution in [0.2, 0.25) is 0 Å². The van der Waals surface area contributed by atoms with E-state index in [4.69, 9.17) is 0 Å². The van der Waals surface area contributed by atoms with Crippen LogP contribution in [-0.2, 0) is 6.54 Å². The van der Waals surface area contributed by atoms with Gasteiger partial charge in [-0.25, -0.2) is 0 Å². The molecule has 0 spiro atoms. The SMILES string of the molecule is C=C(NNC(=C)C(F)(F)F)c1ccc(CN(C(=C)C)c2ccccc2)cc1. The Bertz CT molecular complexity index is 809. The number of hydrazine groups is 1. The molecule has 2 N–H and O–H groups in total. The minimum Gasteiger partial charge on any atom is -0.342 e. The molecule has 3 nitrogen and oxygen atoms in total. The monoisotopic (exact) mass is 373 g/mol. The van der Waals surface area contributed by atoms with Crippen molar-refractivity contribution in [2.24, 2.45) is 0 Å². The van der Waals surface area contributed by atoms with Crippen molar-refractivity contribution in [3.05, 3.63) is 96.9 Å². The van der Waals surface area contributed by atoms with Gasteiger partial charge in [-0.2, -0.15) is 13.2 Å². The molecule has 0 unspecified atom stereocenters. The summed E-state index contributed by atoms with van der Waals surface area (Å²) in [7, 11) is 0. The average molecular weight is 373 g/mol. The van der Waals surface area contributed by atoms with Crippen molar-refractivity contribution in [1.82, 2.24) is 10.9 Å². The van der Waals surface area contributed by atoms with Crippen molar-refractivity contribution in [1.29, 1.82) is 0 Å². The first-order valence-corrected chi connectivity index (χ1v) is 8.23. The first kappa shape index (κ1) is 20.2. The number of para-hydroxylation sites is 1. The second-order valence-electron chi connectivity index (χ2n) is 6.06. The van der Waals surface area contributed by atoms with E-state index in [1.54, 1.807) is 12.1 Å². The summed E-state index contributed by atoms with van der Waals surface area (Å²) >= 11 is 0. The maximum atomic E-state index is 12.4. The molecule has 0 aliphatic heterocycles. The molecule has 2 rings (SSSR count). The van der Waals surface area contributed by atoms with Crippen molar-refractivity contribution in [2.75, 3.05) is 4.90 Å². The van der Waals surface area contributed by atoms with Crippen LogP contribution in [0.25, 0.3) is 5.70 Å². The topological polar surface area (TPSA) is 27.3 Å². The van der Waals surface area contributed by atoms with Crippen LogP contribution in [0.15, 0.2) is 85.7 Å². The van der Waals surface area contributed by atoms with Gasteiger partial charge in [0.15, 0.2) is 0 Å². The highest BCUT2D eigenvalue weighted by Gasteiger charge is 2.32. The summed E-state index contributed by atoms with van der Waals surface area (Å²) in [6.07, 6.45) is -4.51. The van der Waals surface area contributed by atoms with Gasteiger partial charge in [-0.05, 0) is 30.2 Å². The average Bonchev–Trinajstić information content (AvgIpc) is 2.64. The van der Waals surface area contributed by atoms with E-state index in [-0.39, 0.29) is 0 Å². The molecular weight excluding hydrogens is 351 g/mol. The summed E-state index contributed by atoms with van der Waals surface area (Å²) in [5, 5.41) is 0. The number of hydrogen-bond donors (Lipinski definition) is 2. The molecule has 0 bridgehead atoms. The van der Waals surface area contributed by atoms with Gasteiger partial charge in [-0.1, -0.05) is 62.2 Å². The lowest BCUT2D eigenvalue weighted by atomic mass is 10.1. The van der Waals surface area contributed by atoms with Crippen molar-refractivity contribution in [2.45, 2.75) is 19.6 Å². The molecule has 0 saturated heterocycles. The van der Waals surface area contributed by atoms with Crippen LogP contribution in [0, 0.1) is 0 Å². The van der Waals surface area contributed by atoms with Crippen LogP contribution in [0.3, 0.4) is 0 Å². The summed E-state index contributed by atoms with van der Waals surface area (Å²) in [5.74, 6) is 0. The van der Waals surface area contributed by atoms with Crippen LogP contribution in [0.5, 0.6) is 0 Å². The molecule has 0 radical (unpaired) electrons. The first-order valence-electron chi connectivity index (χ1n) is 8.23. The largest absolute Gasteiger partial charge is 0.432 e. The Balaban J connectivity index is 2.03. The number of benzene rings is 2. The highest BCUT2D eigenvalue weighted by atomic mass is 19.4. The third kappa shape index (κ3) is 5.67. The third-order valence-electron chi connectivity index (χ3n) is 3.88. The molecule has 0 aliphatic rings. The minimum absolute atomic E-state index is 0.312. The number of alkyl halides is 3. The fourth-order valence-corrected chi connectivity index (χ4v) is 2.34. The van der Waals surface area contributed by atoms with Crippen molar-refractivity contribution >= 4 is 11.4 Å². The highest BCUT2D eigenvalue weighted by Crippen LogP contribution is 2.23. The van der Waals surface area contributed by atoms with E-state index in [1.807, 2.05) is 54.8 Å². The molecule has 0 amide bonds. The van der Waals surface area contributed by atoms with Gasteiger partial charge in [0.2, 0.25) is 0 Å². The maximum Gasteiger partial charge on any atom is 0.432 e. The molecule has 0 aliphatic carbocycles. The Hall–Kier alpha value is -3.15. The predicted molar refractivity (Wildman–Crippen MR) is 104 cm³/mol. The normalized spacial score (nSPS) is 10.8. The van der Waals surface area contributed by atoms with Gasteiger partial charge in [0.05, 0.1) is 5.70 Å². The number of hydrogen-bond acceptors (Lipinski definition) is 3. The molecule has 27 heavy (non-hydrogen) atoms. The Morgan fingerprint density at radius 3 is 2.04 bits per heavy atom. The second-order valence-corrected chi connectivity index (χ2v) is 6.06. The van der Waals surface area contributed by atoms with Gasteiger partial charge in [0.25, 0.3) is 0 Å². The van der Waals surface area contributed by atoms with Gasteiger partial charge in [0.1, 0.15) is 5.70 Å². The molecule has 0 aromatic heterocycles. The Morgan fingerprint density at radius 1 is 0.926 bits per heavy atom. The van der Waals surface area contributed by atoms with Crippen LogP contribution in [0.1, 0.15) is 18.1 Å². The summed E-state index contributed by atoms with van der Waals surface area (Å²) in [6.45, 7) is 13.3. The summed E-state index contributed by atoms with van der Waals surface area (Å²) in [4.78, 5) is 2.08. The van der Waals surface area contributed by atoms with E-state index >= 15 is 0 Å². The zero-order valence-electron chi connectivity index (χ0n) is 15.1. The zero-order valence-corrected chi connectivity index (χ0v) is 15.1. The van der Waals surface area contributed by atoms with Gasteiger partial charge >= 0.3 is 6.18 Å². The van der Waals surface area contributed by atoms with Crippen LogP contribution in [-0.4, -0.2) is 6.18 Å². The number of nitrogens with one attached hydrogen (secondary N) is 2. The van der Waals surface area contributed by atoms with E-state index in [9.17, 15) is 13.2 Å². The van der Waals surface area contributed by atoms with E-state index in [1.165, 1.54) is 0 Å². The predicted octanol–water partition coefficient (Wildman–Crippen LogP) is 5.37. The number of rotatable bonds is 8. The van der Waals surface area contributed by atoms with Gasteiger partial charge in [0, 0.05) is 17.9 Å². The highest BCUT2D eigenvalue weighted by molar-refractivity contribution is 5.62. The van der Waals surface area contributed by atoms with Crippen molar-refractivity contribution in [3.63, 3.8) is 0 Å². The number of allylic oxidation sites excluding steroid dienone is 2. The van der Waals surface area contributed by atoms with Crippen molar-refractivity contribution < 1.29 is 13.2 Å². The standard InChI is InChI=1S/C21H22F3N3/c1-15(2)27(20-8-6-5-7-9-20)14-18-10-12-19(13-11-18)16(3)25-26-17(4)21(22,23)24/h5-13,25-26H,1,3-4,14H2,2H3. The van der Waals surface area contributed by atoms with Gasteiger partial charge in [-0.15, -0.1) is 0 Å². The maximum absolute atomic E-state index is 12.4. The first-order chi connectivity index (χ1) is 12.7. The number of halogens is 3. The number of anilines is 1. The lowest BCUT2D eigenvalue weighted by Crippen LogP contribution is -2.35. The fourth-order valence-electron chi connectivity index (χ4n) is 2.34. The van der Waals surface area contributed by atoms with E-state index in [2.05, 4.69) is 30.1 Å². The Kier molecular flexibility index (Phi) is 6.34. The lowest BCUT2D eigenvalue weighted by molar-refractivity contribution is -0.0970. The molecule has 0 heterocycles. The van der Waals surface area contributed by atoms with E-state index in [0.29, 0.717) is 17.8 Å². The number of nitrogens with zero attached hydrogens (tertiary/aromatic N) is 1. The van der Waals surface area contributed by atoms with Gasteiger partial charge < -0.3 is 10.3 Å². The smallest absolute Gasteiger partial charge is 0.342 e. The zero-order chi connectivity index (χ0) is 20.0. The van der Waals surface area contributed by atoms with Crippen LogP contribution in [0.4, 0.5) is 18.9 Å². The third-order valence-corrected chi connectivity index (χ3v) is 3.88. The Labute approximate surface area is 157 Å². The summed E-state index contributed by atoms with van der Waals surface area (Å²) < 4.78 is 37.3. The van der Waals surface area contributed by atoms with Crippen LogP contribution < -0.4 is 15.8 Å². The lowest BCUT2D eigenvalue weighted by Gasteiger charge is -2.25. The van der Waals surface area contributed by atoms with Crippen molar-refractivity contribution in [3.8, 4) is 0 Å². The molecular formula is C21H22F3N3. The molecule has 0 saturated carbocycles. The van der Waals surface area contributed by atoms with Gasteiger partial charge in [-0.3, -0.25) is 5.43 Å². The quantitative estimate of drug-likeness (QED) is 0.610.